The molecule has 0 aliphatic rings. The Hall–Kier alpha value is -1.64. The van der Waals surface area contributed by atoms with Crippen LogP contribution in [0.2, 0.25) is 0 Å². The van der Waals surface area contributed by atoms with Gasteiger partial charge in [0.25, 0.3) is 9.05 Å². The molecule has 0 bridgehead atoms. The van der Waals surface area contributed by atoms with Gasteiger partial charge in [0.05, 0.1) is 18.0 Å². The number of halogens is 1. The van der Waals surface area contributed by atoms with E-state index in [1.807, 2.05) is 16.7 Å². The number of ether oxygens (including phenoxy) is 1. The first-order chi connectivity index (χ1) is 9.49. The van der Waals surface area contributed by atoms with Crippen molar-refractivity contribution in [2.24, 2.45) is 0 Å². The number of hydrogen-bond donors (Lipinski definition) is 0. The van der Waals surface area contributed by atoms with Gasteiger partial charge in [-0.2, -0.15) is 0 Å². The van der Waals surface area contributed by atoms with Gasteiger partial charge < -0.3 is 9.30 Å². The predicted octanol–water partition coefficient (Wildman–Crippen LogP) is 2.99. The lowest BCUT2D eigenvalue weighted by atomic mass is 10.2. The van der Waals surface area contributed by atoms with Crippen LogP contribution in [0.15, 0.2) is 29.3 Å². The standard InChI is InChI=1S/C14H14ClNO3S/c1-3-4-5-9-16-10-13(20(15,17)18)14-11(16)7-6-8-12(14)19-2/h1,6-8,10H,4-5,9H2,2H3. The summed E-state index contributed by atoms with van der Waals surface area (Å²) in [6.07, 6.45) is 8.16. The first-order valence-corrected chi connectivity index (χ1v) is 8.34. The summed E-state index contributed by atoms with van der Waals surface area (Å²) in [7, 11) is 3.17. The number of hydrogen-bond acceptors (Lipinski definition) is 3. The van der Waals surface area contributed by atoms with Crippen molar-refractivity contribution < 1.29 is 13.2 Å². The molecule has 0 aliphatic heterocycles. The van der Waals surface area contributed by atoms with Crippen molar-refractivity contribution in [2.45, 2.75) is 24.3 Å². The van der Waals surface area contributed by atoms with Crippen molar-refractivity contribution >= 4 is 30.6 Å². The fraction of sp³-hybridized carbons (Fsp3) is 0.286. The van der Waals surface area contributed by atoms with Crippen molar-refractivity contribution in [1.82, 2.24) is 4.57 Å². The minimum atomic E-state index is -3.84. The highest BCUT2D eigenvalue weighted by atomic mass is 35.7. The zero-order valence-electron chi connectivity index (χ0n) is 11.0. The Balaban J connectivity index is 2.64. The van der Waals surface area contributed by atoms with Crippen LogP contribution in [0.25, 0.3) is 10.9 Å². The summed E-state index contributed by atoms with van der Waals surface area (Å²) >= 11 is 0. The van der Waals surface area contributed by atoms with Gasteiger partial charge in [0.1, 0.15) is 10.6 Å². The van der Waals surface area contributed by atoms with Gasteiger partial charge in [0.2, 0.25) is 0 Å². The normalized spacial score (nSPS) is 11.4. The van der Waals surface area contributed by atoms with E-state index in [1.54, 1.807) is 6.07 Å². The molecular formula is C14H14ClNO3S. The largest absolute Gasteiger partial charge is 0.496 e. The van der Waals surface area contributed by atoms with E-state index in [-0.39, 0.29) is 4.90 Å². The Kier molecular flexibility index (Phi) is 4.26. The van der Waals surface area contributed by atoms with Gasteiger partial charge in [-0.3, -0.25) is 0 Å². The SMILES string of the molecule is C#CCCCn1cc(S(=O)(=O)Cl)c2c(OC)cccc21. The number of aromatic nitrogens is 1. The topological polar surface area (TPSA) is 48.3 Å². The van der Waals surface area contributed by atoms with Crippen molar-refractivity contribution in [1.29, 1.82) is 0 Å². The fourth-order valence-corrected chi connectivity index (χ4v) is 3.23. The summed E-state index contributed by atoms with van der Waals surface area (Å²) in [4.78, 5) is 0.0623. The van der Waals surface area contributed by atoms with Crippen LogP contribution in [0, 0.1) is 12.3 Å². The van der Waals surface area contributed by atoms with E-state index in [4.69, 9.17) is 21.8 Å². The molecule has 1 aromatic heterocycles. The molecule has 0 amide bonds. The maximum Gasteiger partial charge on any atom is 0.263 e. The summed E-state index contributed by atoms with van der Waals surface area (Å²) in [5.41, 5.74) is 0.764. The number of nitrogens with zero attached hydrogens (tertiary/aromatic N) is 1. The molecule has 4 nitrogen and oxygen atoms in total. The predicted molar refractivity (Wildman–Crippen MR) is 79.6 cm³/mol. The number of unbranched alkanes of at least 4 members (excludes halogenated alkanes) is 1. The molecule has 6 heteroatoms. The zero-order chi connectivity index (χ0) is 14.8. The second kappa shape index (κ2) is 5.78. The molecule has 0 spiro atoms. The highest BCUT2D eigenvalue weighted by Gasteiger charge is 2.21. The lowest BCUT2D eigenvalue weighted by Crippen LogP contribution is -1.95. The van der Waals surface area contributed by atoms with Crippen LogP contribution in [0.1, 0.15) is 12.8 Å². The quantitative estimate of drug-likeness (QED) is 0.484. The van der Waals surface area contributed by atoms with E-state index in [1.165, 1.54) is 13.3 Å². The van der Waals surface area contributed by atoms with Gasteiger partial charge in [0, 0.05) is 29.8 Å². The summed E-state index contributed by atoms with van der Waals surface area (Å²) in [6.45, 7) is 0.625. The summed E-state index contributed by atoms with van der Waals surface area (Å²) in [5, 5.41) is 0.505. The Morgan fingerprint density at radius 2 is 2.20 bits per heavy atom. The maximum atomic E-state index is 11.7. The van der Waals surface area contributed by atoms with E-state index in [2.05, 4.69) is 5.92 Å². The van der Waals surface area contributed by atoms with Crippen LogP contribution >= 0.6 is 10.7 Å². The highest BCUT2D eigenvalue weighted by Crippen LogP contribution is 2.35. The minimum absolute atomic E-state index is 0.0623. The van der Waals surface area contributed by atoms with Crippen LogP contribution in [0.4, 0.5) is 0 Å². The molecule has 0 fully saturated rings. The smallest absolute Gasteiger partial charge is 0.263 e. The molecule has 0 unspecified atom stereocenters. The van der Waals surface area contributed by atoms with Gasteiger partial charge in [-0.15, -0.1) is 12.3 Å². The summed E-state index contributed by atoms with van der Waals surface area (Å²) < 4.78 is 30.5. The van der Waals surface area contributed by atoms with Crippen LogP contribution in [-0.2, 0) is 15.6 Å². The molecule has 2 rings (SSSR count). The lowest BCUT2D eigenvalue weighted by molar-refractivity contribution is 0.419. The van der Waals surface area contributed by atoms with Crippen LogP contribution in [-0.4, -0.2) is 20.1 Å². The third-order valence-electron chi connectivity index (χ3n) is 3.04. The van der Waals surface area contributed by atoms with Gasteiger partial charge in [-0.25, -0.2) is 8.42 Å². The van der Waals surface area contributed by atoms with Crippen LogP contribution < -0.4 is 4.74 Å². The maximum absolute atomic E-state index is 11.7. The third kappa shape index (κ3) is 2.77. The first-order valence-electron chi connectivity index (χ1n) is 6.03. The van der Waals surface area contributed by atoms with Crippen molar-refractivity contribution in [3.8, 4) is 18.1 Å². The van der Waals surface area contributed by atoms with E-state index in [0.29, 0.717) is 24.1 Å². The fourth-order valence-electron chi connectivity index (χ4n) is 2.17. The van der Waals surface area contributed by atoms with Crippen LogP contribution in [0.3, 0.4) is 0 Å². The Bertz CT molecular complexity index is 772. The molecule has 1 heterocycles. The van der Waals surface area contributed by atoms with E-state index in [0.717, 1.165) is 11.9 Å². The van der Waals surface area contributed by atoms with Gasteiger partial charge in [-0.05, 0) is 18.6 Å². The van der Waals surface area contributed by atoms with Crippen LogP contribution in [0.5, 0.6) is 5.75 Å². The number of terminal acetylenes is 1. The second-order valence-corrected chi connectivity index (χ2v) is 6.82. The minimum Gasteiger partial charge on any atom is -0.496 e. The molecule has 20 heavy (non-hydrogen) atoms. The Morgan fingerprint density at radius 1 is 1.45 bits per heavy atom. The second-order valence-electron chi connectivity index (χ2n) is 4.29. The lowest BCUT2D eigenvalue weighted by Gasteiger charge is -2.05. The van der Waals surface area contributed by atoms with E-state index < -0.39 is 9.05 Å². The molecule has 0 atom stereocenters. The number of fused-ring (bicyclic) bond motifs is 1. The van der Waals surface area contributed by atoms with E-state index in [9.17, 15) is 8.42 Å². The first kappa shape index (κ1) is 14.8. The Morgan fingerprint density at radius 3 is 2.80 bits per heavy atom. The molecule has 0 N–H and O–H groups in total. The molecule has 0 aliphatic carbocycles. The van der Waals surface area contributed by atoms with Crippen molar-refractivity contribution in [3.63, 3.8) is 0 Å². The van der Waals surface area contributed by atoms with Gasteiger partial charge >= 0.3 is 0 Å². The Labute approximate surface area is 122 Å². The molecule has 0 radical (unpaired) electrons. The van der Waals surface area contributed by atoms with Crippen molar-refractivity contribution in [3.05, 3.63) is 24.4 Å². The monoisotopic (exact) mass is 311 g/mol. The number of rotatable bonds is 5. The highest BCUT2D eigenvalue weighted by molar-refractivity contribution is 8.14. The number of benzene rings is 1. The zero-order valence-corrected chi connectivity index (χ0v) is 12.5. The summed E-state index contributed by atoms with van der Waals surface area (Å²) in [5.74, 6) is 3.05. The molecular weight excluding hydrogens is 298 g/mol. The molecule has 106 valence electrons. The van der Waals surface area contributed by atoms with Crippen molar-refractivity contribution in [2.75, 3.05) is 7.11 Å². The molecule has 0 saturated carbocycles. The van der Waals surface area contributed by atoms with Gasteiger partial charge in [0.15, 0.2) is 0 Å². The van der Waals surface area contributed by atoms with Gasteiger partial charge in [-0.1, -0.05) is 6.07 Å². The average Bonchev–Trinajstić information content (AvgIpc) is 2.78. The van der Waals surface area contributed by atoms with E-state index >= 15 is 0 Å². The number of aryl methyl sites for hydroxylation is 1. The molecule has 0 saturated heterocycles. The number of methoxy groups -OCH3 is 1. The third-order valence-corrected chi connectivity index (χ3v) is 4.37. The average molecular weight is 312 g/mol. The molecule has 2 aromatic rings. The molecule has 1 aromatic carbocycles. The summed E-state index contributed by atoms with van der Waals surface area (Å²) in [6, 6.07) is 5.35.